The molecule has 0 saturated carbocycles. The zero-order valence-corrected chi connectivity index (χ0v) is 17.5. The number of amides is 1. The third-order valence-electron chi connectivity index (χ3n) is 5.71. The average molecular weight is 400 g/mol. The van der Waals surface area contributed by atoms with Crippen LogP contribution in [0.25, 0.3) is 11.1 Å². The average Bonchev–Trinajstić information content (AvgIpc) is 3.34. The Balaban J connectivity index is 1.27. The van der Waals surface area contributed by atoms with Gasteiger partial charge in [-0.25, -0.2) is 0 Å². The summed E-state index contributed by atoms with van der Waals surface area (Å²) in [6.07, 6.45) is 2.52. The number of rotatable bonds is 7. The van der Waals surface area contributed by atoms with Gasteiger partial charge in [-0.15, -0.1) is 0 Å². The first-order chi connectivity index (χ1) is 14.7. The molecule has 0 radical (unpaired) electrons. The van der Waals surface area contributed by atoms with Crippen LogP contribution in [0, 0.1) is 0 Å². The van der Waals surface area contributed by atoms with Crippen molar-refractivity contribution in [3.05, 3.63) is 84.4 Å². The number of carbonyl (C=O) groups is 1. The van der Waals surface area contributed by atoms with E-state index < -0.39 is 0 Å². The number of hydrogen-bond donors (Lipinski definition) is 2. The minimum absolute atomic E-state index is 0.0309. The molecule has 1 heterocycles. The fraction of sp³-hybridized carbons (Fsp3) is 0.269. The summed E-state index contributed by atoms with van der Waals surface area (Å²) in [5.41, 5.74) is 5.64. The second kappa shape index (κ2) is 9.59. The van der Waals surface area contributed by atoms with Crippen LogP contribution in [0.5, 0.6) is 0 Å². The highest BCUT2D eigenvalue weighted by Crippen LogP contribution is 2.23. The van der Waals surface area contributed by atoms with Crippen LogP contribution >= 0.6 is 0 Å². The molecular weight excluding hydrogens is 370 g/mol. The van der Waals surface area contributed by atoms with Gasteiger partial charge in [-0.3, -0.25) is 4.79 Å². The van der Waals surface area contributed by atoms with E-state index in [2.05, 4.69) is 71.0 Å². The smallest absolute Gasteiger partial charge is 0.238 e. The van der Waals surface area contributed by atoms with Crippen molar-refractivity contribution >= 4 is 17.3 Å². The van der Waals surface area contributed by atoms with Crippen LogP contribution in [0.3, 0.4) is 0 Å². The highest BCUT2D eigenvalue weighted by atomic mass is 16.1. The van der Waals surface area contributed by atoms with Gasteiger partial charge in [0.25, 0.3) is 0 Å². The van der Waals surface area contributed by atoms with E-state index >= 15 is 0 Å². The lowest BCUT2D eigenvalue weighted by atomic mass is 10.0. The molecule has 1 atom stereocenters. The molecule has 1 aliphatic heterocycles. The first-order valence-corrected chi connectivity index (χ1v) is 10.7. The van der Waals surface area contributed by atoms with E-state index in [9.17, 15) is 4.79 Å². The maximum absolute atomic E-state index is 12.3. The summed E-state index contributed by atoms with van der Waals surface area (Å²) in [5, 5.41) is 6.29. The van der Waals surface area contributed by atoms with Gasteiger partial charge in [0.1, 0.15) is 0 Å². The summed E-state index contributed by atoms with van der Waals surface area (Å²) in [4.78, 5) is 14.7. The second-order valence-electron chi connectivity index (χ2n) is 7.88. The number of nitrogens with zero attached hydrogens (tertiary/aromatic N) is 1. The molecule has 4 heteroatoms. The number of benzene rings is 3. The maximum atomic E-state index is 12.3. The van der Waals surface area contributed by atoms with Crippen LogP contribution in [-0.2, 0) is 4.79 Å². The van der Waals surface area contributed by atoms with Gasteiger partial charge in [0.05, 0.1) is 6.54 Å². The van der Waals surface area contributed by atoms with Gasteiger partial charge in [0.15, 0.2) is 0 Å². The van der Waals surface area contributed by atoms with Gasteiger partial charge in [-0.05, 0) is 60.7 Å². The molecule has 4 nitrogen and oxygen atoms in total. The van der Waals surface area contributed by atoms with E-state index in [-0.39, 0.29) is 18.5 Å². The summed E-state index contributed by atoms with van der Waals surface area (Å²) < 4.78 is 0. The van der Waals surface area contributed by atoms with Crippen LogP contribution in [0.1, 0.15) is 31.4 Å². The van der Waals surface area contributed by atoms with E-state index in [4.69, 9.17) is 0 Å². The summed E-state index contributed by atoms with van der Waals surface area (Å²) in [6, 6.07) is 27.1. The fourth-order valence-corrected chi connectivity index (χ4v) is 3.89. The molecule has 1 saturated heterocycles. The number of hydrogen-bond acceptors (Lipinski definition) is 3. The Hall–Kier alpha value is -3.11. The summed E-state index contributed by atoms with van der Waals surface area (Å²) in [7, 11) is 0. The molecular formula is C26H29N3O. The molecule has 0 aliphatic carbocycles. The van der Waals surface area contributed by atoms with Crippen molar-refractivity contribution in [2.45, 2.75) is 25.8 Å². The Kier molecular flexibility index (Phi) is 6.45. The van der Waals surface area contributed by atoms with Crippen molar-refractivity contribution in [2.24, 2.45) is 0 Å². The van der Waals surface area contributed by atoms with Crippen molar-refractivity contribution in [2.75, 3.05) is 29.9 Å². The van der Waals surface area contributed by atoms with E-state index in [1.54, 1.807) is 0 Å². The predicted molar refractivity (Wildman–Crippen MR) is 125 cm³/mol. The van der Waals surface area contributed by atoms with Gasteiger partial charge in [-0.2, -0.15) is 0 Å². The van der Waals surface area contributed by atoms with Gasteiger partial charge in [0.2, 0.25) is 5.91 Å². The largest absolute Gasteiger partial charge is 0.372 e. The molecule has 3 aromatic carbocycles. The minimum atomic E-state index is -0.0309. The quantitative estimate of drug-likeness (QED) is 0.571. The molecule has 1 amide bonds. The van der Waals surface area contributed by atoms with Gasteiger partial charge in [-0.1, -0.05) is 54.6 Å². The summed E-state index contributed by atoms with van der Waals surface area (Å²) >= 11 is 0. The van der Waals surface area contributed by atoms with Crippen LogP contribution < -0.4 is 15.5 Å². The summed E-state index contributed by atoms with van der Waals surface area (Å²) in [6.45, 7) is 4.60. The van der Waals surface area contributed by atoms with Crippen molar-refractivity contribution in [3.8, 4) is 11.1 Å². The molecule has 4 rings (SSSR count). The van der Waals surface area contributed by atoms with Crippen LogP contribution in [0.4, 0.5) is 11.4 Å². The Morgan fingerprint density at radius 1 is 0.867 bits per heavy atom. The van der Waals surface area contributed by atoms with E-state index in [0.717, 1.165) is 24.3 Å². The number of anilines is 2. The lowest BCUT2D eigenvalue weighted by Crippen LogP contribution is -2.30. The van der Waals surface area contributed by atoms with Crippen molar-refractivity contribution in [3.63, 3.8) is 0 Å². The molecule has 0 bridgehead atoms. The molecule has 3 aromatic rings. The third kappa shape index (κ3) is 5.08. The van der Waals surface area contributed by atoms with Gasteiger partial charge < -0.3 is 15.5 Å². The van der Waals surface area contributed by atoms with E-state index in [0.29, 0.717) is 0 Å². The molecule has 2 N–H and O–H groups in total. The lowest BCUT2D eigenvalue weighted by molar-refractivity contribution is -0.115. The highest BCUT2D eigenvalue weighted by Gasteiger charge is 2.12. The third-order valence-corrected chi connectivity index (χ3v) is 5.71. The molecule has 154 valence electrons. The molecule has 0 spiro atoms. The Bertz CT molecular complexity index is 946. The number of carbonyl (C=O) groups excluding carboxylic acids is 1. The molecule has 0 aromatic heterocycles. The van der Waals surface area contributed by atoms with E-state index in [1.165, 1.54) is 29.7 Å². The molecule has 1 fully saturated rings. The van der Waals surface area contributed by atoms with Crippen molar-refractivity contribution in [1.29, 1.82) is 0 Å². The van der Waals surface area contributed by atoms with Gasteiger partial charge in [0, 0.05) is 30.5 Å². The molecule has 1 aliphatic rings. The summed E-state index contributed by atoms with van der Waals surface area (Å²) in [5.74, 6) is -0.0309. The second-order valence-corrected chi connectivity index (χ2v) is 7.88. The van der Waals surface area contributed by atoms with Crippen LogP contribution in [-0.4, -0.2) is 25.5 Å². The Morgan fingerprint density at radius 3 is 2.17 bits per heavy atom. The topological polar surface area (TPSA) is 44.4 Å². The molecule has 1 unspecified atom stereocenters. The minimum Gasteiger partial charge on any atom is -0.372 e. The van der Waals surface area contributed by atoms with Crippen LogP contribution in [0.15, 0.2) is 78.9 Å². The molecule has 30 heavy (non-hydrogen) atoms. The SMILES string of the molecule is CC(NCC(=O)Nc1ccc(N2CCCC2)cc1)c1ccc(-c2ccccc2)cc1. The Morgan fingerprint density at radius 2 is 1.50 bits per heavy atom. The van der Waals surface area contributed by atoms with Crippen LogP contribution in [0.2, 0.25) is 0 Å². The normalized spacial score (nSPS) is 14.5. The maximum Gasteiger partial charge on any atom is 0.238 e. The Labute approximate surface area is 178 Å². The first-order valence-electron chi connectivity index (χ1n) is 10.7. The van der Waals surface area contributed by atoms with E-state index in [1.807, 2.05) is 30.3 Å². The van der Waals surface area contributed by atoms with Crippen molar-refractivity contribution in [1.82, 2.24) is 5.32 Å². The fourth-order valence-electron chi connectivity index (χ4n) is 3.89. The predicted octanol–water partition coefficient (Wildman–Crippen LogP) is 5.24. The first kappa shape index (κ1) is 20.2. The monoisotopic (exact) mass is 399 g/mol. The van der Waals surface area contributed by atoms with Crippen molar-refractivity contribution < 1.29 is 4.79 Å². The number of nitrogens with one attached hydrogen (secondary N) is 2. The lowest BCUT2D eigenvalue weighted by Gasteiger charge is -2.18. The highest BCUT2D eigenvalue weighted by molar-refractivity contribution is 5.92. The standard InChI is InChI=1S/C26H29N3O/c1-20(21-9-11-23(12-10-21)22-7-3-2-4-8-22)27-19-26(30)28-24-13-15-25(16-14-24)29-17-5-6-18-29/h2-4,7-16,20,27H,5-6,17-19H2,1H3,(H,28,30). The zero-order valence-electron chi connectivity index (χ0n) is 17.5. The zero-order chi connectivity index (χ0) is 20.8. The van der Waals surface area contributed by atoms with Gasteiger partial charge >= 0.3 is 0 Å².